The zero-order chi connectivity index (χ0) is 15.8. The Hall–Kier alpha value is -2.22. The number of hydrogen-bond acceptors (Lipinski definition) is 3. The Morgan fingerprint density at radius 2 is 1.57 bits per heavy atom. The summed E-state index contributed by atoms with van der Waals surface area (Å²) in [5, 5.41) is 0. The fourth-order valence-electron chi connectivity index (χ4n) is 1.70. The predicted octanol–water partition coefficient (Wildman–Crippen LogP) is 2.80. The summed E-state index contributed by atoms with van der Waals surface area (Å²) < 4.78 is 66.6. The predicted molar refractivity (Wildman–Crippen MR) is 72.7 cm³/mol. The van der Waals surface area contributed by atoms with Gasteiger partial charge >= 0.3 is 0 Å². The van der Waals surface area contributed by atoms with Gasteiger partial charge in [-0.3, -0.25) is 4.72 Å². The summed E-state index contributed by atoms with van der Waals surface area (Å²) in [6.07, 6.45) is 0. The number of nitrogens with one attached hydrogen (secondary N) is 1. The summed E-state index contributed by atoms with van der Waals surface area (Å²) in [5.74, 6) is -3.30. The van der Waals surface area contributed by atoms with Crippen molar-refractivity contribution in [3.63, 3.8) is 0 Å². The molecule has 2 aromatic rings. The number of nitrogen functional groups attached to an aromatic ring is 1. The van der Waals surface area contributed by atoms with Crippen LogP contribution in [0, 0.1) is 24.4 Å². The van der Waals surface area contributed by atoms with Gasteiger partial charge in [0, 0.05) is 5.69 Å². The normalized spacial score (nSPS) is 11.4. The van der Waals surface area contributed by atoms with Gasteiger partial charge in [-0.2, -0.15) is 0 Å². The van der Waals surface area contributed by atoms with Gasteiger partial charge in [0.25, 0.3) is 10.0 Å². The van der Waals surface area contributed by atoms with Crippen molar-refractivity contribution in [1.29, 1.82) is 0 Å². The molecule has 3 N–H and O–H groups in total. The molecular formula is C13H11F3N2O2S. The van der Waals surface area contributed by atoms with Crippen LogP contribution in [0.5, 0.6) is 0 Å². The molecule has 0 saturated heterocycles. The van der Waals surface area contributed by atoms with Gasteiger partial charge in [0.2, 0.25) is 0 Å². The van der Waals surface area contributed by atoms with Gasteiger partial charge in [-0.15, -0.1) is 0 Å². The van der Waals surface area contributed by atoms with Crippen LogP contribution in [0.3, 0.4) is 0 Å². The standard InChI is InChI=1S/C13H11F3N2O2S/c1-7-2-3-9(6-10(7)14)18-21(19,20)13-11(15)4-8(17)5-12(13)16/h2-6,18H,17H2,1H3. The van der Waals surface area contributed by atoms with Crippen molar-refractivity contribution in [2.24, 2.45) is 0 Å². The third-order valence-electron chi connectivity index (χ3n) is 2.71. The second-order valence-corrected chi connectivity index (χ2v) is 6.00. The molecule has 8 heteroatoms. The fraction of sp³-hybridized carbons (Fsp3) is 0.0769. The number of anilines is 2. The SMILES string of the molecule is Cc1ccc(NS(=O)(=O)c2c(F)cc(N)cc2F)cc1F. The van der Waals surface area contributed by atoms with E-state index in [9.17, 15) is 21.6 Å². The lowest BCUT2D eigenvalue weighted by atomic mass is 10.2. The number of nitrogens with two attached hydrogens (primary N) is 1. The first kappa shape index (κ1) is 15.2. The molecule has 4 nitrogen and oxygen atoms in total. The molecule has 2 rings (SSSR count). The first-order chi connectivity index (χ1) is 9.70. The van der Waals surface area contributed by atoms with Crippen molar-refractivity contribution in [2.45, 2.75) is 11.8 Å². The van der Waals surface area contributed by atoms with Crippen LogP contribution in [-0.2, 0) is 10.0 Å². The molecule has 112 valence electrons. The highest BCUT2D eigenvalue weighted by molar-refractivity contribution is 7.92. The minimum Gasteiger partial charge on any atom is -0.399 e. The molecule has 0 aliphatic heterocycles. The number of sulfonamides is 1. The minimum absolute atomic E-state index is 0.145. The molecule has 0 heterocycles. The van der Waals surface area contributed by atoms with E-state index in [1.165, 1.54) is 19.1 Å². The Kier molecular flexibility index (Phi) is 3.82. The van der Waals surface area contributed by atoms with Crippen LogP contribution in [0.1, 0.15) is 5.56 Å². The number of aryl methyl sites for hydroxylation is 1. The number of benzene rings is 2. The third-order valence-corrected chi connectivity index (χ3v) is 4.15. The van der Waals surface area contributed by atoms with Gasteiger partial charge in [0.1, 0.15) is 17.5 Å². The molecule has 0 aromatic heterocycles. The van der Waals surface area contributed by atoms with E-state index in [0.717, 1.165) is 6.07 Å². The fourth-order valence-corrected chi connectivity index (χ4v) is 2.87. The van der Waals surface area contributed by atoms with Crippen molar-refractivity contribution >= 4 is 21.4 Å². The van der Waals surface area contributed by atoms with Crippen LogP contribution in [-0.4, -0.2) is 8.42 Å². The van der Waals surface area contributed by atoms with Gasteiger partial charge in [-0.25, -0.2) is 21.6 Å². The van der Waals surface area contributed by atoms with Crippen LogP contribution in [0.2, 0.25) is 0 Å². The number of hydrogen-bond donors (Lipinski definition) is 2. The first-order valence-electron chi connectivity index (χ1n) is 5.74. The highest BCUT2D eigenvalue weighted by Crippen LogP contribution is 2.24. The summed E-state index contributed by atoms with van der Waals surface area (Å²) in [4.78, 5) is -1.17. The Bertz CT molecular complexity index is 784. The van der Waals surface area contributed by atoms with Gasteiger partial charge < -0.3 is 5.73 Å². The second-order valence-electron chi connectivity index (χ2n) is 4.38. The molecule has 0 radical (unpaired) electrons. The van der Waals surface area contributed by atoms with Crippen LogP contribution in [0.25, 0.3) is 0 Å². The maximum atomic E-state index is 13.6. The summed E-state index contributed by atoms with van der Waals surface area (Å²) in [6.45, 7) is 1.49. The first-order valence-corrected chi connectivity index (χ1v) is 7.22. The van der Waals surface area contributed by atoms with Crippen LogP contribution in [0.15, 0.2) is 35.2 Å². The largest absolute Gasteiger partial charge is 0.399 e. The van der Waals surface area contributed by atoms with E-state index in [0.29, 0.717) is 17.7 Å². The lowest BCUT2D eigenvalue weighted by Crippen LogP contribution is -2.17. The van der Waals surface area contributed by atoms with Gasteiger partial charge in [-0.05, 0) is 36.8 Å². The average molecular weight is 316 g/mol. The highest BCUT2D eigenvalue weighted by atomic mass is 32.2. The van der Waals surface area contributed by atoms with Crippen molar-refractivity contribution in [3.05, 3.63) is 53.3 Å². The molecule has 0 aliphatic rings. The topological polar surface area (TPSA) is 72.2 Å². The monoisotopic (exact) mass is 316 g/mol. The summed E-state index contributed by atoms with van der Waals surface area (Å²) >= 11 is 0. The molecular weight excluding hydrogens is 305 g/mol. The van der Waals surface area contributed by atoms with E-state index in [-0.39, 0.29) is 11.4 Å². The summed E-state index contributed by atoms with van der Waals surface area (Å²) in [7, 11) is -4.54. The molecule has 0 spiro atoms. The van der Waals surface area contributed by atoms with E-state index in [4.69, 9.17) is 5.73 Å². The Balaban J connectivity index is 2.46. The lowest BCUT2D eigenvalue weighted by molar-refractivity contribution is 0.522. The van der Waals surface area contributed by atoms with Gasteiger partial charge in [0.15, 0.2) is 4.90 Å². The van der Waals surface area contributed by atoms with E-state index in [1.54, 1.807) is 0 Å². The molecule has 0 atom stereocenters. The van der Waals surface area contributed by atoms with Crippen LogP contribution < -0.4 is 10.5 Å². The van der Waals surface area contributed by atoms with Crippen molar-refractivity contribution in [3.8, 4) is 0 Å². The summed E-state index contributed by atoms with van der Waals surface area (Å²) in [5.41, 5.74) is 5.13. The average Bonchev–Trinajstić information content (AvgIpc) is 2.31. The van der Waals surface area contributed by atoms with E-state index in [2.05, 4.69) is 0 Å². The smallest absolute Gasteiger partial charge is 0.267 e. The van der Waals surface area contributed by atoms with Crippen molar-refractivity contribution in [2.75, 3.05) is 10.5 Å². The molecule has 0 unspecified atom stereocenters. The van der Waals surface area contributed by atoms with E-state index < -0.39 is 32.4 Å². The molecule has 21 heavy (non-hydrogen) atoms. The van der Waals surface area contributed by atoms with E-state index >= 15 is 0 Å². The Morgan fingerprint density at radius 3 is 2.10 bits per heavy atom. The number of halogens is 3. The summed E-state index contributed by atoms with van der Waals surface area (Å²) in [6, 6.07) is 4.91. The zero-order valence-corrected chi connectivity index (χ0v) is 11.6. The molecule has 0 amide bonds. The molecule has 0 fully saturated rings. The maximum absolute atomic E-state index is 13.6. The third kappa shape index (κ3) is 3.10. The van der Waals surface area contributed by atoms with Crippen molar-refractivity contribution in [1.82, 2.24) is 0 Å². The zero-order valence-electron chi connectivity index (χ0n) is 10.8. The van der Waals surface area contributed by atoms with Gasteiger partial charge in [-0.1, -0.05) is 6.07 Å². The van der Waals surface area contributed by atoms with Crippen molar-refractivity contribution < 1.29 is 21.6 Å². The molecule has 0 saturated carbocycles. The maximum Gasteiger partial charge on any atom is 0.267 e. The Morgan fingerprint density at radius 1 is 1.00 bits per heavy atom. The quantitative estimate of drug-likeness (QED) is 0.855. The second kappa shape index (κ2) is 5.28. The highest BCUT2D eigenvalue weighted by Gasteiger charge is 2.25. The molecule has 2 aromatic carbocycles. The van der Waals surface area contributed by atoms with Crippen LogP contribution >= 0.6 is 0 Å². The van der Waals surface area contributed by atoms with Gasteiger partial charge in [0.05, 0.1) is 5.69 Å². The Labute approximate surface area is 119 Å². The molecule has 0 bridgehead atoms. The number of rotatable bonds is 3. The minimum atomic E-state index is -4.54. The molecule has 0 aliphatic carbocycles. The van der Waals surface area contributed by atoms with Crippen LogP contribution in [0.4, 0.5) is 24.5 Å². The van der Waals surface area contributed by atoms with E-state index in [1.807, 2.05) is 4.72 Å². The lowest BCUT2D eigenvalue weighted by Gasteiger charge is -2.11.